The summed E-state index contributed by atoms with van der Waals surface area (Å²) in [5, 5.41) is 11.9. The minimum absolute atomic E-state index is 0.167. The number of aryl methyl sites for hydroxylation is 2. The minimum Gasteiger partial charge on any atom is -0.324 e. The minimum atomic E-state index is -0.915. The molecule has 1 N–H and O–H groups in total. The molecule has 2 aliphatic rings. The summed E-state index contributed by atoms with van der Waals surface area (Å²) in [5.41, 5.74) is 3.35. The number of nitrogens with one attached hydrogen (secondary N) is 1. The molecule has 142 valence electrons. The zero-order valence-electron chi connectivity index (χ0n) is 15.5. The number of para-hydroxylation sites is 1. The van der Waals surface area contributed by atoms with Crippen LogP contribution in [-0.4, -0.2) is 41.4 Å². The van der Waals surface area contributed by atoms with E-state index in [1.807, 2.05) is 32.0 Å². The summed E-state index contributed by atoms with van der Waals surface area (Å²) < 4.78 is 0. The zero-order chi connectivity index (χ0) is 19.8. The Morgan fingerprint density at radius 1 is 1.04 bits per heavy atom. The maximum Gasteiger partial charge on any atom is 0.263 e. The molecular formula is C20H19N5O3. The lowest BCUT2D eigenvalue weighted by atomic mass is 10.1. The van der Waals surface area contributed by atoms with Crippen molar-refractivity contribution >= 4 is 29.1 Å². The van der Waals surface area contributed by atoms with E-state index in [4.69, 9.17) is 0 Å². The second-order valence-corrected chi connectivity index (χ2v) is 6.89. The Bertz CT molecular complexity index is 989. The Balaban J connectivity index is 1.47. The van der Waals surface area contributed by atoms with Gasteiger partial charge in [0, 0.05) is 5.69 Å². The van der Waals surface area contributed by atoms with Crippen LogP contribution in [0.5, 0.6) is 0 Å². The molecule has 0 aliphatic carbocycles. The number of carbonyl (C=O) groups excluding carboxylic acids is 3. The van der Waals surface area contributed by atoms with E-state index in [0.717, 1.165) is 16.0 Å². The topological polar surface area (TPSA) is 94.4 Å². The van der Waals surface area contributed by atoms with Gasteiger partial charge in [0.05, 0.1) is 5.69 Å². The number of nitrogens with zero attached hydrogens (tertiary/aromatic N) is 4. The summed E-state index contributed by atoms with van der Waals surface area (Å²) in [4.78, 5) is 39.0. The third kappa shape index (κ3) is 3.02. The van der Waals surface area contributed by atoms with Crippen molar-refractivity contribution in [3.63, 3.8) is 0 Å². The van der Waals surface area contributed by atoms with Gasteiger partial charge in [-0.15, -0.1) is 0 Å². The molecular weight excluding hydrogens is 358 g/mol. The molecule has 3 amide bonds. The van der Waals surface area contributed by atoms with Crippen LogP contribution in [0, 0.1) is 13.8 Å². The maximum absolute atomic E-state index is 12.8. The second-order valence-electron chi connectivity index (χ2n) is 6.89. The van der Waals surface area contributed by atoms with Crippen LogP contribution in [0.1, 0.15) is 11.1 Å². The average Bonchev–Trinajstić information content (AvgIpc) is 3.19. The quantitative estimate of drug-likeness (QED) is 0.827. The Labute approximate surface area is 161 Å². The lowest BCUT2D eigenvalue weighted by Crippen LogP contribution is -2.43. The highest BCUT2D eigenvalue weighted by Crippen LogP contribution is 2.31. The summed E-state index contributed by atoms with van der Waals surface area (Å²) in [6, 6.07) is 12.5. The van der Waals surface area contributed by atoms with Gasteiger partial charge in [-0.1, -0.05) is 29.5 Å². The average molecular weight is 377 g/mol. The van der Waals surface area contributed by atoms with Crippen LogP contribution >= 0.6 is 0 Å². The highest BCUT2D eigenvalue weighted by Gasteiger charge is 2.55. The molecule has 28 heavy (non-hydrogen) atoms. The van der Waals surface area contributed by atoms with Crippen LogP contribution in [0.4, 0.5) is 11.4 Å². The molecule has 0 spiro atoms. The van der Waals surface area contributed by atoms with E-state index in [9.17, 15) is 14.4 Å². The summed E-state index contributed by atoms with van der Waals surface area (Å²) in [5.74, 6) is -1.19. The van der Waals surface area contributed by atoms with E-state index >= 15 is 0 Å². The van der Waals surface area contributed by atoms with Crippen molar-refractivity contribution < 1.29 is 14.4 Å². The van der Waals surface area contributed by atoms with Crippen molar-refractivity contribution in [1.82, 2.24) is 5.01 Å². The largest absolute Gasteiger partial charge is 0.324 e. The fourth-order valence-corrected chi connectivity index (χ4v) is 3.35. The first-order valence-corrected chi connectivity index (χ1v) is 8.93. The van der Waals surface area contributed by atoms with E-state index in [2.05, 4.69) is 15.7 Å². The highest BCUT2D eigenvalue weighted by molar-refractivity contribution is 6.25. The number of rotatable bonds is 4. The standard InChI is InChI=1S/C20H19N5O3/c1-12-8-9-14(10-13(12)2)21-16(26)11-24-18-17(22-23-24)19(27)25(20(18)28)15-6-4-3-5-7-15/h3-10,17-18H,11H2,1-2H3,(H,21,26)/t17-,18-/m0/s1. The van der Waals surface area contributed by atoms with Gasteiger partial charge in [0.2, 0.25) is 5.91 Å². The summed E-state index contributed by atoms with van der Waals surface area (Å²) in [6.45, 7) is 3.79. The number of fused-ring (bicyclic) bond motifs is 1. The number of benzene rings is 2. The van der Waals surface area contributed by atoms with E-state index < -0.39 is 23.9 Å². The van der Waals surface area contributed by atoms with Crippen LogP contribution in [0.3, 0.4) is 0 Å². The fraction of sp³-hybridized carbons (Fsp3) is 0.250. The molecule has 2 aromatic carbocycles. The molecule has 8 heteroatoms. The van der Waals surface area contributed by atoms with E-state index in [1.165, 1.54) is 5.01 Å². The van der Waals surface area contributed by atoms with E-state index in [-0.39, 0.29) is 12.5 Å². The number of carbonyl (C=O) groups is 3. The Morgan fingerprint density at radius 3 is 2.50 bits per heavy atom. The first kappa shape index (κ1) is 17.8. The molecule has 2 atom stereocenters. The van der Waals surface area contributed by atoms with Gasteiger partial charge in [0.1, 0.15) is 6.54 Å². The lowest BCUT2D eigenvalue weighted by Gasteiger charge is -2.20. The first-order chi connectivity index (χ1) is 13.5. The molecule has 0 radical (unpaired) electrons. The van der Waals surface area contributed by atoms with Crippen molar-refractivity contribution in [3.05, 3.63) is 59.7 Å². The summed E-state index contributed by atoms with van der Waals surface area (Å²) in [6.07, 6.45) is 0. The van der Waals surface area contributed by atoms with Crippen molar-refractivity contribution in [3.8, 4) is 0 Å². The predicted octanol–water partition coefficient (Wildman–Crippen LogP) is 2.24. The van der Waals surface area contributed by atoms with Crippen molar-refractivity contribution in [2.75, 3.05) is 16.8 Å². The molecule has 0 unspecified atom stereocenters. The zero-order valence-corrected chi connectivity index (χ0v) is 15.5. The van der Waals surface area contributed by atoms with Crippen LogP contribution in [0.25, 0.3) is 0 Å². The number of imide groups is 1. The molecule has 0 saturated carbocycles. The Kier molecular flexibility index (Phi) is 4.38. The van der Waals surface area contributed by atoms with Gasteiger partial charge in [0.25, 0.3) is 11.8 Å². The molecule has 4 rings (SSSR count). The second kappa shape index (κ2) is 6.88. The van der Waals surface area contributed by atoms with Crippen LogP contribution in [0.2, 0.25) is 0 Å². The van der Waals surface area contributed by atoms with Crippen LogP contribution in [-0.2, 0) is 14.4 Å². The smallest absolute Gasteiger partial charge is 0.263 e. The first-order valence-electron chi connectivity index (χ1n) is 8.93. The number of hydrogen-bond acceptors (Lipinski definition) is 6. The normalized spacial score (nSPS) is 20.6. The molecule has 1 saturated heterocycles. The van der Waals surface area contributed by atoms with Gasteiger partial charge >= 0.3 is 0 Å². The summed E-state index contributed by atoms with van der Waals surface area (Å²) in [7, 11) is 0. The fourth-order valence-electron chi connectivity index (χ4n) is 3.35. The molecule has 2 aromatic rings. The SMILES string of the molecule is Cc1ccc(NC(=O)CN2N=N[C@@H]3C(=O)N(c4ccccc4)C(=O)[C@H]32)cc1C. The van der Waals surface area contributed by atoms with Gasteiger partial charge in [-0.05, 0) is 49.2 Å². The molecule has 2 heterocycles. The molecule has 2 aliphatic heterocycles. The highest BCUT2D eigenvalue weighted by atomic mass is 16.2. The van der Waals surface area contributed by atoms with Gasteiger partial charge in [0.15, 0.2) is 12.1 Å². The van der Waals surface area contributed by atoms with Gasteiger partial charge in [-0.25, -0.2) is 4.90 Å². The number of amides is 3. The van der Waals surface area contributed by atoms with Gasteiger partial charge in [-0.3, -0.25) is 19.4 Å². The molecule has 1 fully saturated rings. The van der Waals surface area contributed by atoms with Gasteiger partial charge < -0.3 is 5.32 Å². The third-order valence-corrected chi connectivity index (χ3v) is 4.97. The molecule has 0 aromatic heterocycles. The Hall–Kier alpha value is -3.55. The Morgan fingerprint density at radius 2 is 1.79 bits per heavy atom. The lowest BCUT2D eigenvalue weighted by molar-refractivity contribution is -0.123. The number of anilines is 2. The summed E-state index contributed by atoms with van der Waals surface area (Å²) >= 11 is 0. The monoisotopic (exact) mass is 377 g/mol. The van der Waals surface area contributed by atoms with Crippen molar-refractivity contribution in [2.24, 2.45) is 10.3 Å². The molecule has 8 nitrogen and oxygen atoms in total. The maximum atomic E-state index is 12.8. The van der Waals surface area contributed by atoms with Crippen molar-refractivity contribution in [2.45, 2.75) is 25.9 Å². The third-order valence-electron chi connectivity index (χ3n) is 4.97. The van der Waals surface area contributed by atoms with Crippen LogP contribution < -0.4 is 10.2 Å². The van der Waals surface area contributed by atoms with E-state index in [0.29, 0.717) is 11.4 Å². The van der Waals surface area contributed by atoms with Gasteiger partial charge in [-0.2, -0.15) is 5.11 Å². The van der Waals surface area contributed by atoms with E-state index in [1.54, 1.807) is 30.3 Å². The van der Waals surface area contributed by atoms with Crippen molar-refractivity contribution in [1.29, 1.82) is 0 Å². The number of hydrogen-bond donors (Lipinski definition) is 1. The molecule has 0 bridgehead atoms. The predicted molar refractivity (Wildman–Crippen MR) is 103 cm³/mol. The van der Waals surface area contributed by atoms with Crippen LogP contribution in [0.15, 0.2) is 58.9 Å².